The van der Waals surface area contributed by atoms with Crippen molar-refractivity contribution in [3.05, 3.63) is 0 Å². The molecule has 0 saturated carbocycles. The first-order valence-corrected chi connectivity index (χ1v) is 2.80. The molecule has 1 fully saturated rings. The Kier molecular flexibility index (Phi) is 2.23. The fraction of sp³-hybridized carbons (Fsp3) is 1.00. The van der Waals surface area contributed by atoms with E-state index in [1.54, 1.807) is 0 Å². The SMILES string of the molecule is CNCC1NCNN1. The second kappa shape index (κ2) is 2.99. The zero-order valence-electron chi connectivity index (χ0n) is 4.99. The Bertz CT molecular complexity index is 59.1. The number of hydrogen-bond donors (Lipinski definition) is 4. The topological polar surface area (TPSA) is 48.1 Å². The molecule has 8 heavy (non-hydrogen) atoms. The van der Waals surface area contributed by atoms with Crippen LogP contribution in [0, 0.1) is 0 Å². The fourth-order valence-electron chi connectivity index (χ4n) is 0.727. The third-order valence-electron chi connectivity index (χ3n) is 1.12. The quantitative estimate of drug-likeness (QED) is 0.343. The van der Waals surface area contributed by atoms with Crippen LogP contribution < -0.4 is 21.5 Å². The van der Waals surface area contributed by atoms with Crippen LogP contribution in [0.5, 0.6) is 0 Å². The van der Waals surface area contributed by atoms with Crippen molar-refractivity contribution in [2.45, 2.75) is 6.17 Å². The molecule has 1 atom stereocenters. The Morgan fingerprint density at radius 2 is 2.62 bits per heavy atom. The minimum absolute atomic E-state index is 0.389. The summed E-state index contributed by atoms with van der Waals surface area (Å²) in [5, 5.41) is 6.22. The van der Waals surface area contributed by atoms with Gasteiger partial charge in [0.05, 0.1) is 12.8 Å². The molecule has 48 valence electrons. The first-order valence-electron chi connectivity index (χ1n) is 2.80. The predicted molar refractivity (Wildman–Crippen MR) is 32.0 cm³/mol. The van der Waals surface area contributed by atoms with Gasteiger partial charge in [-0.1, -0.05) is 0 Å². The summed E-state index contributed by atoms with van der Waals surface area (Å²) in [6, 6.07) is 0. The van der Waals surface area contributed by atoms with Crippen LogP contribution in [0.25, 0.3) is 0 Å². The van der Waals surface area contributed by atoms with Crippen LogP contribution in [-0.4, -0.2) is 26.4 Å². The van der Waals surface area contributed by atoms with E-state index in [0.717, 1.165) is 13.2 Å². The van der Waals surface area contributed by atoms with Crippen LogP contribution in [0.2, 0.25) is 0 Å². The van der Waals surface area contributed by atoms with E-state index in [0.29, 0.717) is 6.17 Å². The third-order valence-corrected chi connectivity index (χ3v) is 1.12. The molecule has 0 aromatic heterocycles. The molecule has 1 unspecified atom stereocenters. The van der Waals surface area contributed by atoms with Crippen LogP contribution in [-0.2, 0) is 0 Å². The summed E-state index contributed by atoms with van der Waals surface area (Å²) in [6.07, 6.45) is 0.389. The van der Waals surface area contributed by atoms with Gasteiger partial charge in [-0.25, -0.2) is 10.9 Å². The molecule has 0 aromatic rings. The van der Waals surface area contributed by atoms with Crippen LogP contribution in [0.4, 0.5) is 0 Å². The van der Waals surface area contributed by atoms with E-state index in [1.165, 1.54) is 0 Å². The molecule has 4 N–H and O–H groups in total. The zero-order chi connectivity index (χ0) is 5.82. The molecule has 0 spiro atoms. The summed E-state index contributed by atoms with van der Waals surface area (Å²) in [4.78, 5) is 0. The first kappa shape index (κ1) is 5.97. The fourth-order valence-corrected chi connectivity index (χ4v) is 0.727. The molecule has 1 aliphatic rings. The summed E-state index contributed by atoms with van der Waals surface area (Å²) in [5.74, 6) is 0. The molecule has 0 bridgehead atoms. The van der Waals surface area contributed by atoms with E-state index in [4.69, 9.17) is 0 Å². The number of rotatable bonds is 2. The van der Waals surface area contributed by atoms with Gasteiger partial charge in [0.1, 0.15) is 0 Å². The maximum atomic E-state index is 3.17. The zero-order valence-corrected chi connectivity index (χ0v) is 4.99. The van der Waals surface area contributed by atoms with Crippen molar-refractivity contribution in [3.8, 4) is 0 Å². The van der Waals surface area contributed by atoms with Crippen molar-refractivity contribution >= 4 is 0 Å². The average Bonchev–Trinajstić information content (AvgIpc) is 2.19. The Balaban J connectivity index is 2.06. The lowest BCUT2D eigenvalue weighted by molar-refractivity contribution is 0.503. The van der Waals surface area contributed by atoms with E-state index in [1.807, 2.05) is 7.05 Å². The third kappa shape index (κ3) is 1.41. The predicted octanol–water partition coefficient (Wildman–Crippen LogP) is -1.81. The van der Waals surface area contributed by atoms with E-state index in [-0.39, 0.29) is 0 Å². The highest BCUT2D eigenvalue weighted by Gasteiger charge is 2.09. The van der Waals surface area contributed by atoms with Crippen LogP contribution in [0.3, 0.4) is 0 Å². The van der Waals surface area contributed by atoms with Gasteiger partial charge in [-0.3, -0.25) is 5.32 Å². The first-order chi connectivity index (χ1) is 3.93. The molecule has 0 aromatic carbocycles. The Hall–Kier alpha value is -0.160. The number of nitrogens with one attached hydrogen (secondary N) is 4. The Morgan fingerprint density at radius 3 is 3.12 bits per heavy atom. The van der Waals surface area contributed by atoms with Gasteiger partial charge < -0.3 is 5.32 Å². The molecule has 1 heterocycles. The number of hydrazine groups is 1. The standard InChI is InChI=1S/C4H12N4/c1-5-2-4-6-3-7-8-4/h4-8H,2-3H2,1H3. The van der Waals surface area contributed by atoms with Gasteiger partial charge in [-0.15, -0.1) is 0 Å². The van der Waals surface area contributed by atoms with Crippen molar-refractivity contribution in [1.82, 2.24) is 21.5 Å². The normalized spacial score (nSPS) is 28.9. The lowest BCUT2D eigenvalue weighted by atomic mass is 10.5. The Morgan fingerprint density at radius 1 is 1.75 bits per heavy atom. The van der Waals surface area contributed by atoms with Crippen molar-refractivity contribution in [1.29, 1.82) is 0 Å². The lowest BCUT2D eigenvalue weighted by Crippen LogP contribution is -2.41. The van der Waals surface area contributed by atoms with E-state index < -0.39 is 0 Å². The van der Waals surface area contributed by atoms with Gasteiger partial charge in [0.25, 0.3) is 0 Å². The van der Waals surface area contributed by atoms with Gasteiger partial charge in [0, 0.05) is 6.54 Å². The molecule has 4 nitrogen and oxygen atoms in total. The highest BCUT2D eigenvalue weighted by Crippen LogP contribution is 1.75. The molecular weight excluding hydrogens is 104 g/mol. The molecular formula is C4H12N4. The monoisotopic (exact) mass is 116 g/mol. The largest absolute Gasteiger partial charge is 0.317 e. The van der Waals surface area contributed by atoms with E-state index in [9.17, 15) is 0 Å². The molecule has 4 heteroatoms. The number of likely N-dealkylation sites (N-methyl/N-ethyl adjacent to an activating group) is 1. The highest BCUT2D eigenvalue weighted by molar-refractivity contribution is 4.67. The highest BCUT2D eigenvalue weighted by atomic mass is 15.5. The maximum Gasteiger partial charge on any atom is 0.0840 e. The minimum Gasteiger partial charge on any atom is -0.317 e. The number of hydrogen-bond acceptors (Lipinski definition) is 4. The van der Waals surface area contributed by atoms with Crippen molar-refractivity contribution in [2.75, 3.05) is 20.3 Å². The molecule has 0 radical (unpaired) electrons. The van der Waals surface area contributed by atoms with Crippen molar-refractivity contribution in [3.63, 3.8) is 0 Å². The molecule has 0 aliphatic carbocycles. The molecule has 1 rings (SSSR count). The van der Waals surface area contributed by atoms with E-state index in [2.05, 4.69) is 21.5 Å². The molecule has 1 saturated heterocycles. The smallest absolute Gasteiger partial charge is 0.0840 e. The Labute approximate surface area is 49.0 Å². The van der Waals surface area contributed by atoms with Crippen molar-refractivity contribution in [2.24, 2.45) is 0 Å². The summed E-state index contributed by atoms with van der Waals surface area (Å²) in [5.41, 5.74) is 5.99. The molecule has 0 amide bonds. The van der Waals surface area contributed by atoms with Gasteiger partial charge in [-0.05, 0) is 7.05 Å². The lowest BCUT2D eigenvalue weighted by Gasteiger charge is -2.06. The van der Waals surface area contributed by atoms with Gasteiger partial charge in [-0.2, -0.15) is 0 Å². The minimum atomic E-state index is 0.389. The van der Waals surface area contributed by atoms with Crippen LogP contribution in [0.1, 0.15) is 0 Å². The van der Waals surface area contributed by atoms with Crippen molar-refractivity contribution < 1.29 is 0 Å². The van der Waals surface area contributed by atoms with Crippen LogP contribution in [0.15, 0.2) is 0 Å². The van der Waals surface area contributed by atoms with Gasteiger partial charge >= 0.3 is 0 Å². The second-order valence-corrected chi connectivity index (χ2v) is 1.81. The maximum absolute atomic E-state index is 3.17. The summed E-state index contributed by atoms with van der Waals surface area (Å²) in [7, 11) is 1.93. The molecule has 1 aliphatic heterocycles. The van der Waals surface area contributed by atoms with Gasteiger partial charge in [0.15, 0.2) is 0 Å². The van der Waals surface area contributed by atoms with E-state index >= 15 is 0 Å². The summed E-state index contributed by atoms with van der Waals surface area (Å²) < 4.78 is 0. The summed E-state index contributed by atoms with van der Waals surface area (Å²) >= 11 is 0. The van der Waals surface area contributed by atoms with Gasteiger partial charge in [0.2, 0.25) is 0 Å². The summed E-state index contributed by atoms with van der Waals surface area (Å²) in [6.45, 7) is 1.80. The van der Waals surface area contributed by atoms with Crippen LogP contribution >= 0.6 is 0 Å². The second-order valence-electron chi connectivity index (χ2n) is 1.81. The average molecular weight is 116 g/mol.